The average molecular weight is 298 g/mol. The minimum absolute atomic E-state index is 0.0847. The molecular weight excluding hydrogens is 270 g/mol. The number of nitrogens with one attached hydrogen (secondary N) is 1. The Morgan fingerprint density at radius 3 is 2.40 bits per heavy atom. The van der Waals surface area contributed by atoms with Crippen LogP contribution >= 0.6 is 11.6 Å². The van der Waals surface area contributed by atoms with Crippen LogP contribution in [0.3, 0.4) is 0 Å². The van der Waals surface area contributed by atoms with Gasteiger partial charge in [-0.2, -0.15) is 0 Å². The van der Waals surface area contributed by atoms with Crippen LogP contribution in [0, 0.1) is 5.41 Å². The summed E-state index contributed by atoms with van der Waals surface area (Å²) in [4.78, 5) is 0. The summed E-state index contributed by atoms with van der Waals surface area (Å²) in [5.41, 5.74) is 1.26. The van der Waals surface area contributed by atoms with Gasteiger partial charge in [0.1, 0.15) is 0 Å². The molecule has 0 saturated heterocycles. The van der Waals surface area contributed by atoms with Crippen molar-refractivity contribution in [3.05, 3.63) is 34.9 Å². The lowest BCUT2D eigenvalue weighted by atomic mass is 9.82. The predicted octanol–water partition coefficient (Wildman–Crippen LogP) is 4.31. The van der Waals surface area contributed by atoms with Gasteiger partial charge in [0.2, 0.25) is 0 Å². The number of halogens is 1. The smallest absolute Gasteiger partial charge is 0.0775 e. The van der Waals surface area contributed by atoms with Crippen molar-refractivity contribution < 1.29 is 4.74 Å². The molecule has 0 amide bonds. The Morgan fingerprint density at radius 2 is 1.90 bits per heavy atom. The zero-order chi connectivity index (χ0) is 15.2. The molecule has 0 heterocycles. The zero-order valence-corrected chi connectivity index (χ0v) is 14.1. The summed E-state index contributed by atoms with van der Waals surface area (Å²) in [6.07, 6.45) is 2.14. The first-order valence-corrected chi connectivity index (χ1v) is 7.77. The highest BCUT2D eigenvalue weighted by molar-refractivity contribution is 6.31. The van der Waals surface area contributed by atoms with E-state index in [1.165, 1.54) is 5.56 Å². The molecule has 0 aliphatic rings. The molecule has 0 saturated carbocycles. The Bertz CT molecular complexity index is 400. The van der Waals surface area contributed by atoms with Crippen LogP contribution in [0.15, 0.2) is 24.3 Å². The van der Waals surface area contributed by atoms with Gasteiger partial charge in [-0.1, -0.05) is 57.5 Å². The molecule has 1 N–H and O–H groups in total. The molecule has 0 fully saturated rings. The first-order chi connectivity index (χ1) is 9.40. The number of methoxy groups -OCH3 is 1. The predicted molar refractivity (Wildman–Crippen MR) is 87.5 cm³/mol. The standard InChI is InChI=1S/C17H28ClNO/c1-6-11-19-15(16(20-5)17(2,3)4)12-13-9-7-8-10-14(13)18/h7-10,15-16,19H,6,11-12H2,1-5H3. The first-order valence-electron chi connectivity index (χ1n) is 7.39. The van der Waals surface area contributed by atoms with E-state index in [4.69, 9.17) is 16.3 Å². The highest BCUT2D eigenvalue weighted by atomic mass is 35.5. The van der Waals surface area contributed by atoms with E-state index in [0.29, 0.717) is 0 Å². The first kappa shape index (κ1) is 17.5. The number of rotatable bonds is 7. The molecule has 20 heavy (non-hydrogen) atoms. The van der Waals surface area contributed by atoms with Gasteiger partial charge < -0.3 is 10.1 Å². The van der Waals surface area contributed by atoms with Crippen LogP contribution in [0.5, 0.6) is 0 Å². The number of hydrogen-bond acceptors (Lipinski definition) is 2. The van der Waals surface area contributed by atoms with Crippen molar-refractivity contribution in [2.45, 2.75) is 52.7 Å². The van der Waals surface area contributed by atoms with Crippen molar-refractivity contribution in [2.75, 3.05) is 13.7 Å². The fraction of sp³-hybridized carbons (Fsp3) is 0.647. The van der Waals surface area contributed by atoms with Crippen LogP contribution in [0.4, 0.5) is 0 Å². The summed E-state index contributed by atoms with van der Waals surface area (Å²) in [6.45, 7) is 9.82. The Labute approximate surface area is 128 Å². The monoisotopic (exact) mass is 297 g/mol. The van der Waals surface area contributed by atoms with Crippen LogP contribution < -0.4 is 5.32 Å². The molecule has 0 spiro atoms. The van der Waals surface area contributed by atoms with Gasteiger partial charge in [-0.25, -0.2) is 0 Å². The summed E-state index contributed by atoms with van der Waals surface area (Å²) in [7, 11) is 1.79. The van der Waals surface area contributed by atoms with E-state index in [9.17, 15) is 0 Å². The molecule has 1 aromatic rings. The number of hydrogen-bond donors (Lipinski definition) is 1. The van der Waals surface area contributed by atoms with E-state index in [2.05, 4.69) is 39.1 Å². The molecule has 0 aromatic heterocycles. The van der Waals surface area contributed by atoms with E-state index in [0.717, 1.165) is 24.4 Å². The second kappa shape index (κ2) is 8.02. The van der Waals surface area contributed by atoms with Gasteiger partial charge in [0, 0.05) is 18.2 Å². The van der Waals surface area contributed by atoms with E-state index >= 15 is 0 Å². The molecule has 0 bridgehead atoms. The third-order valence-electron chi connectivity index (χ3n) is 3.53. The van der Waals surface area contributed by atoms with Crippen molar-refractivity contribution in [3.63, 3.8) is 0 Å². The van der Waals surface area contributed by atoms with Gasteiger partial charge in [-0.05, 0) is 36.4 Å². The Morgan fingerprint density at radius 1 is 1.25 bits per heavy atom. The summed E-state index contributed by atoms with van der Waals surface area (Å²) in [5.74, 6) is 0. The molecule has 2 atom stereocenters. The summed E-state index contributed by atoms with van der Waals surface area (Å²) < 4.78 is 5.78. The fourth-order valence-electron chi connectivity index (χ4n) is 2.64. The highest BCUT2D eigenvalue weighted by Crippen LogP contribution is 2.27. The largest absolute Gasteiger partial charge is 0.379 e. The van der Waals surface area contributed by atoms with E-state index in [-0.39, 0.29) is 17.6 Å². The van der Waals surface area contributed by atoms with Gasteiger partial charge in [-0.15, -0.1) is 0 Å². The van der Waals surface area contributed by atoms with Crippen LogP contribution in [0.25, 0.3) is 0 Å². The van der Waals surface area contributed by atoms with Gasteiger partial charge in [0.15, 0.2) is 0 Å². The van der Waals surface area contributed by atoms with E-state index in [1.807, 2.05) is 18.2 Å². The minimum atomic E-state index is 0.0847. The van der Waals surface area contributed by atoms with Crippen molar-refractivity contribution in [1.29, 1.82) is 0 Å². The topological polar surface area (TPSA) is 21.3 Å². The molecule has 1 aromatic carbocycles. The van der Waals surface area contributed by atoms with Crippen molar-refractivity contribution in [3.8, 4) is 0 Å². The zero-order valence-electron chi connectivity index (χ0n) is 13.4. The van der Waals surface area contributed by atoms with Crippen molar-refractivity contribution >= 4 is 11.6 Å². The molecule has 2 nitrogen and oxygen atoms in total. The van der Waals surface area contributed by atoms with Crippen LogP contribution in [0.1, 0.15) is 39.7 Å². The quantitative estimate of drug-likeness (QED) is 0.809. The second-order valence-electron chi connectivity index (χ2n) is 6.38. The summed E-state index contributed by atoms with van der Waals surface area (Å²) in [5, 5.41) is 4.45. The van der Waals surface area contributed by atoms with Gasteiger partial charge >= 0.3 is 0 Å². The molecule has 0 radical (unpaired) electrons. The SMILES string of the molecule is CCCNC(Cc1ccccc1Cl)C(OC)C(C)(C)C. The third kappa shape index (κ3) is 5.08. The summed E-state index contributed by atoms with van der Waals surface area (Å²) in [6, 6.07) is 8.32. The Hall–Kier alpha value is -0.570. The average Bonchev–Trinajstić information content (AvgIpc) is 2.37. The van der Waals surface area contributed by atoms with Crippen LogP contribution in [-0.4, -0.2) is 25.8 Å². The molecule has 0 aliphatic heterocycles. The summed E-state index contributed by atoms with van der Waals surface area (Å²) >= 11 is 6.30. The molecule has 1 rings (SSSR count). The van der Waals surface area contributed by atoms with Crippen LogP contribution in [-0.2, 0) is 11.2 Å². The van der Waals surface area contributed by atoms with Gasteiger partial charge in [0.25, 0.3) is 0 Å². The maximum absolute atomic E-state index is 6.30. The normalized spacial score (nSPS) is 15.1. The maximum atomic E-state index is 6.30. The van der Waals surface area contributed by atoms with Crippen molar-refractivity contribution in [1.82, 2.24) is 5.32 Å². The number of ether oxygens (including phenoxy) is 1. The number of benzene rings is 1. The molecule has 2 unspecified atom stereocenters. The van der Waals surface area contributed by atoms with Gasteiger partial charge in [0.05, 0.1) is 6.10 Å². The Balaban J connectivity index is 2.91. The molecule has 114 valence electrons. The maximum Gasteiger partial charge on any atom is 0.0775 e. The van der Waals surface area contributed by atoms with E-state index in [1.54, 1.807) is 7.11 Å². The second-order valence-corrected chi connectivity index (χ2v) is 6.79. The van der Waals surface area contributed by atoms with Gasteiger partial charge in [-0.3, -0.25) is 0 Å². The van der Waals surface area contributed by atoms with E-state index < -0.39 is 0 Å². The fourth-order valence-corrected chi connectivity index (χ4v) is 2.85. The van der Waals surface area contributed by atoms with Crippen LogP contribution in [0.2, 0.25) is 5.02 Å². The lowest BCUT2D eigenvalue weighted by molar-refractivity contribution is -0.0109. The molecule has 0 aliphatic carbocycles. The van der Waals surface area contributed by atoms with Crippen molar-refractivity contribution in [2.24, 2.45) is 5.41 Å². The lowest BCUT2D eigenvalue weighted by Crippen LogP contribution is -2.49. The third-order valence-corrected chi connectivity index (χ3v) is 3.90. The highest BCUT2D eigenvalue weighted by Gasteiger charge is 2.32. The molecule has 3 heteroatoms. The Kier molecular flexibility index (Phi) is 7.01. The minimum Gasteiger partial charge on any atom is -0.379 e. The molecular formula is C17H28ClNO. The lowest BCUT2D eigenvalue weighted by Gasteiger charge is -2.37.